The second kappa shape index (κ2) is 7.78. The maximum absolute atomic E-state index is 11.7. The van der Waals surface area contributed by atoms with E-state index in [2.05, 4.69) is 15.6 Å². The van der Waals surface area contributed by atoms with Gasteiger partial charge >= 0.3 is 0 Å². The third-order valence-electron chi connectivity index (χ3n) is 3.45. The van der Waals surface area contributed by atoms with E-state index in [-0.39, 0.29) is 30.0 Å². The molecule has 1 atom stereocenters. The molecule has 9 heteroatoms. The molecule has 0 spiro atoms. The molecule has 1 aliphatic heterocycles. The molecule has 128 valence electrons. The van der Waals surface area contributed by atoms with Gasteiger partial charge in [-0.05, 0) is 17.9 Å². The third kappa shape index (κ3) is 5.83. The van der Waals surface area contributed by atoms with Crippen molar-refractivity contribution >= 4 is 33.0 Å². The Morgan fingerprint density at radius 3 is 2.83 bits per heavy atom. The lowest BCUT2D eigenvalue weighted by atomic mass is 10.3. The second-order valence-electron chi connectivity index (χ2n) is 5.63. The highest BCUT2D eigenvalue weighted by molar-refractivity contribution is 7.91. The number of rotatable bonds is 5. The first-order chi connectivity index (χ1) is 10.9. The Bertz CT molecular complexity index is 654. The summed E-state index contributed by atoms with van der Waals surface area (Å²) in [5, 5.41) is 8.26. The number of hydrogen-bond donors (Lipinski definition) is 2. The van der Waals surface area contributed by atoms with Gasteiger partial charge in [0.15, 0.2) is 15.8 Å². The molecule has 7 nitrogen and oxygen atoms in total. The molecule has 2 rings (SSSR count). The van der Waals surface area contributed by atoms with Gasteiger partial charge in [-0.15, -0.1) is 11.3 Å². The van der Waals surface area contributed by atoms with Crippen LogP contribution in [0.5, 0.6) is 0 Å². The summed E-state index contributed by atoms with van der Waals surface area (Å²) < 4.78 is 23.1. The topological polar surface area (TPSA) is 90.9 Å². The maximum atomic E-state index is 11.7. The molecular formula is C14H22N4O3S2. The lowest BCUT2D eigenvalue weighted by Gasteiger charge is -2.17. The predicted octanol–water partition coefficient (Wildman–Crippen LogP) is 0.0586. The first-order valence-corrected chi connectivity index (χ1v) is 10.0. The van der Waals surface area contributed by atoms with Gasteiger partial charge in [0.1, 0.15) is 6.54 Å². The Morgan fingerprint density at radius 2 is 2.26 bits per heavy atom. The summed E-state index contributed by atoms with van der Waals surface area (Å²) in [5.41, 5.74) is 0. The zero-order valence-corrected chi connectivity index (χ0v) is 14.9. The van der Waals surface area contributed by atoms with Gasteiger partial charge < -0.3 is 15.5 Å². The van der Waals surface area contributed by atoms with Gasteiger partial charge in [0.2, 0.25) is 5.91 Å². The fourth-order valence-corrected chi connectivity index (χ4v) is 4.44. The molecule has 0 aliphatic carbocycles. The average molecular weight is 358 g/mol. The Morgan fingerprint density at radius 1 is 1.48 bits per heavy atom. The van der Waals surface area contributed by atoms with Crippen LogP contribution in [0.4, 0.5) is 0 Å². The van der Waals surface area contributed by atoms with Crippen molar-refractivity contribution < 1.29 is 13.2 Å². The molecule has 1 aliphatic rings. The van der Waals surface area contributed by atoms with E-state index in [9.17, 15) is 13.2 Å². The minimum atomic E-state index is -2.96. The molecule has 0 aromatic carbocycles. The summed E-state index contributed by atoms with van der Waals surface area (Å²) in [6.07, 6.45) is 0.559. The smallest absolute Gasteiger partial charge is 0.243 e. The van der Waals surface area contributed by atoms with E-state index in [0.29, 0.717) is 18.9 Å². The highest BCUT2D eigenvalue weighted by Crippen LogP contribution is 2.11. The number of aliphatic imine (C=N–C) groups is 1. The molecule has 1 aromatic rings. The minimum Gasteiger partial charge on any atom is -0.353 e. The predicted molar refractivity (Wildman–Crippen MR) is 92.3 cm³/mol. The van der Waals surface area contributed by atoms with E-state index in [1.807, 2.05) is 17.5 Å². The third-order valence-corrected chi connectivity index (χ3v) is 6.10. The van der Waals surface area contributed by atoms with E-state index in [0.717, 1.165) is 4.88 Å². The lowest BCUT2D eigenvalue weighted by Crippen LogP contribution is -2.44. The van der Waals surface area contributed by atoms with E-state index < -0.39 is 9.84 Å². The number of nitrogens with zero attached hydrogens (tertiary/aromatic N) is 2. The van der Waals surface area contributed by atoms with Crippen molar-refractivity contribution in [2.24, 2.45) is 4.99 Å². The van der Waals surface area contributed by atoms with Crippen LogP contribution in [0.15, 0.2) is 22.5 Å². The highest BCUT2D eigenvalue weighted by Gasteiger charge is 2.28. The maximum Gasteiger partial charge on any atom is 0.243 e. The summed E-state index contributed by atoms with van der Waals surface area (Å²) in [6, 6.07) is 3.80. The standard InChI is InChI=1S/C14H22N4O3S2/c1-18(2)13(19)9-16-14(15-8-12-4-3-6-22-12)17-11-5-7-23(20,21)10-11/h3-4,6,11H,5,7-10H2,1-2H3,(H2,15,16,17). The molecule has 1 aromatic heterocycles. The van der Waals surface area contributed by atoms with Crippen LogP contribution in [-0.4, -0.2) is 63.4 Å². The number of guanidine groups is 1. The molecule has 2 N–H and O–H groups in total. The van der Waals surface area contributed by atoms with Crippen LogP contribution < -0.4 is 10.6 Å². The zero-order chi connectivity index (χ0) is 16.9. The summed E-state index contributed by atoms with van der Waals surface area (Å²) in [4.78, 5) is 18.6. The van der Waals surface area contributed by atoms with Crippen LogP contribution in [0.2, 0.25) is 0 Å². The van der Waals surface area contributed by atoms with Crippen LogP contribution in [0.3, 0.4) is 0 Å². The zero-order valence-electron chi connectivity index (χ0n) is 13.3. The van der Waals surface area contributed by atoms with Crippen LogP contribution in [0, 0.1) is 0 Å². The molecule has 0 saturated carbocycles. The van der Waals surface area contributed by atoms with Gasteiger partial charge in [-0.2, -0.15) is 0 Å². The summed E-state index contributed by atoms with van der Waals surface area (Å²) in [7, 11) is 0.386. The molecule has 1 amide bonds. The fraction of sp³-hybridized carbons (Fsp3) is 0.571. The normalized spacial score (nSPS) is 20.3. The second-order valence-corrected chi connectivity index (χ2v) is 8.89. The molecule has 0 bridgehead atoms. The molecule has 0 radical (unpaired) electrons. The van der Waals surface area contributed by atoms with Gasteiger partial charge in [-0.3, -0.25) is 4.79 Å². The first kappa shape index (κ1) is 17.7. The first-order valence-electron chi connectivity index (χ1n) is 7.33. The van der Waals surface area contributed by atoms with Crippen molar-refractivity contribution in [2.75, 3.05) is 32.1 Å². The van der Waals surface area contributed by atoms with Crippen molar-refractivity contribution in [3.63, 3.8) is 0 Å². The number of likely N-dealkylation sites (N-methyl/N-ethyl adjacent to an activating group) is 1. The van der Waals surface area contributed by atoms with E-state index in [1.54, 1.807) is 25.4 Å². The molecule has 1 saturated heterocycles. The van der Waals surface area contributed by atoms with E-state index in [4.69, 9.17) is 0 Å². The molecule has 1 unspecified atom stereocenters. The number of sulfone groups is 1. The number of carbonyl (C=O) groups is 1. The molecular weight excluding hydrogens is 336 g/mol. The van der Waals surface area contributed by atoms with Crippen LogP contribution in [-0.2, 0) is 21.2 Å². The molecule has 1 fully saturated rings. The van der Waals surface area contributed by atoms with Gasteiger partial charge in [0, 0.05) is 25.0 Å². The molecule has 2 heterocycles. The summed E-state index contributed by atoms with van der Waals surface area (Å²) >= 11 is 1.62. The quantitative estimate of drug-likeness (QED) is 0.574. The Balaban J connectivity index is 1.98. The number of thiophene rings is 1. The lowest BCUT2D eigenvalue weighted by molar-refractivity contribution is -0.127. The Kier molecular flexibility index (Phi) is 6.00. The summed E-state index contributed by atoms with van der Waals surface area (Å²) in [6.45, 7) is 0.603. The number of hydrogen-bond acceptors (Lipinski definition) is 5. The van der Waals surface area contributed by atoms with Crippen LogP contribution in [0.25, 0.3) is 0 Å². The number of carbonyl (C=O) groups excluding carboxylic acids is 1. The van der Waals surface area contributed by atoms with Crippen molar-refractivity contribution in [1.82, 2.24) is 15.5 Å². The average Bonchev–Trinajstić information content (AvgIpc) is 3.10. The fourth-order valence-electron chi connectivity index (χ4n) is 2.13. The number of amides is 1. The summed E-state index contributed by atoms with van der Waals surface area (Å²) in [5.74, 6) is 0.658. The monoisotopic (exact) mass is 358 g/mol. The highest BCUT2D eigenvalue weighted by atomic mass is 32.2. The largest absolute Gasteiger partial charge is 0.353 e. The van der Waals surface area contributed by atoms with Gasteiger partial charge in [-0.1, -0.05) is 6.07 Å². The molecule has 23 heavy (non-hydrogen) atoms. The minimum absolute atomic E-state index is 0.0201. The van der Waals surface area contributed by atoms with Crippen molar-refractivity contribution in [1.29, 1.82) is 0 Å². The van der Waals surface area contributed by atoms with Gasteiger partial charge in [-0.25, -0.2) is 13.4 Å². The van der Waals surface area contributed by atoms with E-state index >= 15 is 0 Å². The van der Waals surface area contributed by atoms with Crippen LogP contribution >= 0.6 is 11.3 Å². The Hall–Kier alpha value is -1.61. The van der Waals surface area contributed by atoms with Crippen molar-refractivity contribution in [3.8, 4) is 0 Å². The Labute approximate surface area is 140 Å². The van der Waals surface area contributed by atoms with Gasteiger partial charge in [0.05, 0.1) is 18.1 Å². The SMILES string of the molecule is CN(C)C(=O)CN=C(NCc1cccs1)NC1CCS(=O)(=O)C1. The van der Waals surface area contributed by atoms with E-state index in [1.165, 1.54) is 4.90 Å². The van der Waals surface area contributed by atoms with Gasteiger partial charge in [0.25, 0.3) is 0 Å². The van der Waals surface area contributed by atoms with Crippen molar-refractivity contribution in [3.05, 3.63) is 22.4 Å². The van der Waals surface area contributed by atoms with Crippen LogP contribution in [0.1, 0.15) is 11.3 Å². The number of nitrogens with one attached hydrogen (secondary N) is 2. The van der Waals surface area contributed by atoms with Crippen molar-refractivity contribution in [2.45, 2.75) is 19.0 Å².